The van der Waals surface area contributed by atoms with Gasteiger partial charge >= 0.3 is 5.97 Å². The fourth-order valence-electron chi connectivity index (χ4n) is 2.37. The van der Waals surface area contributed by atoms with Crippen molar-refractivity contribution in [2.45, 2.75) is 0 Å². The van der Waals surface area contributed by atoms with Crippen LogP contribution in [0.25, 0.3) is 11.3 Å². The van der Waals surface area contributed by atoms with Crippen LogP contribution in [-0.2, 0) is 9.59 Å². The summed E-state index contributed by atoms with van der Waals surface area (Å²) < 4.78 is 0. The number of H-pyrrole nitrogens is 1. The molecular weight excluding hydrogens is 300 g/mol. The number of nitrogens with one attached hydrogen (secondary N) is 1. The molecule has 0 bridgehead atoms. The van der Waals surface area contributed by atoms with E-state index < -0.39 is 5.97 Å². The summed E-state index contributed by atoms with van der Waals surface area (Å²) >= 11 is 0. The van der Waals surface area contributed by atoms with Crippen LogP contribution in [0.4, 0.5) is 5.69 Å². The van der Waals surface area contributed by atoms with Crippen LogP contribution in [-0.4, -0.2) is 58.1 Å². The molecule has 0 saturated carbocycles. The van der Waals surface area contributed by atoms with E-state index in [9.17, 15) is 14.4 Å². The summed E-state index contributed by atoms with van der Waals surface area (Å²) in [5.74, 6) is -1.40. The monoisotopic (exact) mass is 314 g/mol. The Kier molecular flexibility index (Phi) is 3.57. The summed E-state index contributed by atoms with van der Waals surface area (Å²) in [5.41, 5.74) is 1.67. The Hall–Kier alpha value is -3.16. The Bertz CT molecular complexity index is 798. The molecule has 2 aromatic rings. The molecule has 2 N–H and O–H groups in total. The first-order chi connectivity index (χ1) is 11.0. The van der Waals surface area contributed by atoms with Crippen molar-refractivity contribution in [1.82, 2.24) is 15.1 Å². The minimum absolute atomic E-state index is 0.0142. The van der Waals surface area contributed by atoms with Crippen LogP contribution < -0.4 is 4.90 Å². The average Bonchev–Trinajstić information content (AvgIpc) is 3.01. The number of carboxylic acids is 1. The maximum absolute atomic E-state index is 12.1. The van der Waals surface area contributed by atoms with Crippen LogP contribution in [0, 0.1) is 0 Å². The van der Waals surface area contributed by atoms with Crippen molar-refractivity contribution in [3.63, 3.8) is 0 Å². The van der Waals surface area contributed by atoms with Crippen LogP contribution in [0.15, 0.2) is 30.3 Å². The predicted molar refractivity (Wildman–Crippen MR) is 81.0 cm³/mol. The molecule has 1 aromatic carbocycles. The van der Waals surface area contributed by atoms with Crippen LogP contribution in [0.2, 0.25) is 0 Å². The SMILES string of the molecule is CN1CC(=O)N(c2cccc(-c3cc(C(=O)O)[nH]n3)c2)CC1=O. The van der Waals surface area contributed by atoms with Crippen LogP contribution in [0.5, 0.6) is 0 Å². The minimum atomic E-state index is -1.10. The highest BCUT2D eigenvalue weighted by Gasteiger charge is 2.28. The third-order valence-electron chi connectivity index (χ3n) is 3.65. The number of carboxylic acid groups (broad SMARTS) is 1. The molecule has 0 spiro atoms. The zero-order chi connectivity index (χ0) is 16.6. The van der Waals surface area contributed by atoms with Crippen molar-refractivity contribution in [3.05, 3.63) is 36.0 Å². The number of amides is 2. The Morgan fingerprint density at radius 2 is 2.00 bits per heavy atom. The van der Waals surface area contributed by atoms with Gasteiger partial charge in [-0.2, -0.15) is 5.10 Å². The molecular formula is C15H14N4O4. The molecule has 0 atom stereocenters. The number of aromatic carboxylic acids is 1. The van der Waals surface area contributed by atoms with Gasteiger partial charge in [-0.15, -0.1) is 0 Å². The fraction of sp³-hybridized carbons (Fsp3) is 0.200. The maximum atomic E-state index is 12.1. The fourth-order valence-corrected chi connectivity index (χ4v) is 2.37. The molecule has 0 radical (unpaired) electrons. The first kappa shape index (κ1) is 14.8. The summed E-state index contributed by atoms with van der Waals surface area (Å²) in [6.45, 7) is 0.0222. The lowest BCUT2D eigenvalue weighted by Crippen LogP contribution is -2.52. The molecule has 0 aliphatic carbocycles. The number of anilines is 1. The van der Waals surface area contributed by atoms with Crippen molar-refractivity contribution in [2.75, 3.05) is 25.0 Å². The number of piperazine rings is 1. The molecule has 1 aromatic heterocycles. The average molecular weight is 314 g/mol. The lowest BCUT2D eigenvalue weighted by Gasteiger charge is -2.31. The van der Waals surface area contributed by atoms with E-state index in [1.165, 1.54) is 15.9 Å². The van der Waals surface area contributed by atoms with Gasteiger partial charge in [0.15, 0.2) is 0 Å². The van der Waals surface area contributed by atoms with Crippen LogP contribution in [0.3, 0.4) is 0 Å². The molecule has 1 saturated heterocycles. The smallest absolute Gasteiger partial charge is 0.353 e. The van der Waals surface area contributed by atoms with Gasteiger partial charge in [0.2, 0.25) is 11.8 Å². The first-order valence-corrected chi connectivity index (χ1v) is 6.89. The molecule has 118 valence electrons. The summed E-state index contributed by atoms with van der Waals surface area (Å²) in [6, 6.07) is 8.34. The van der Waals surface area contributed by atoms with Crippen molar-refractivity contribution >= 4 is 23.5 Å². The van der Waals surface area contributed by atoms with Crippen molar-refractivity contribution in [2.24, 2.45) is 0 Å². The maximum Gasteiger partial charge on any atom is 0.353 e. The number of aromatic amines is 1. The summed E-state index contributed by atoms with van der Waals surface area (Å²) in [6.07, 6.45) is 0. The Morgan fingerprint density at radius 3 is 2.70 bits per heavy atom. The van der Waals surface area contributed by atoms with E-state index >= 15 is 0 Å². The summed E-state index contributed by atoms with van der Waals surface area (Å²) in [7, 11) is 1.59. The lowest BCUT2D eigenvalue weighted by atomic mass is 10.1. The van der Waals surface area contributed by atoms with Crippen LogP contribution >= 0.6 is 0 Å². The molecule has 2 heterocycles. The highest BCUT2D eigenvalue weighted by molar-refractivity contribution is 6.04. The molecule has 1 fully saturated rings. The number of rotatable bonds is 3. The highest BCUT2D eigenvalue weighted by atomic mass is 16.4. The molecule has 23 heavy (non-hydrogen) atoms. The Labute approximate surface area is 131 Å². The lowest BCUT2D eigenvalue weighted by molar-refractivity contribution is -0.136. The van der Waals surface area contributed by atoms with E-state index in [1.54, 1.807) is 31.3 Å². The molecule has 3 rings (SSSR count). The minimum Gasteiger partial charge on any atom is -0.477 e. The zero-order valence-corrected chi connectivity index (χ0v) is 12.3. The standard InChI is InChI=1S/C15H14N4O4/c1-18-7-14(21)19(8-13(18)20)10-4-2-3-9(5-10)11-6-12(15(22)23)17-16-11/h2-6H,7-8H2,1H3,(H,16,17)(H,22,23). The van der Waals surface area contributed by atoms with E-state index in [4.69, 9.17) is 5.11 Å². The highest BCUT2D eigenvalue weighted by Crippen LogP contribution is 2.25. The van der Waals surface area contributed by atoms with Crippen molar-refractivity contribution in [3.8, 4) is 11.3 Å². The van der Waals surface area contributed by atoms with Gasteiger partial charge in [0.05, 0.1) is 12.2 Å². The van der Waals surface area contributed by atoms with Gasteiger partial charge in [-0.1, -0.05) is 12.1 Å². The number of carbonyl (C=O) groups excluding carboxylic acids is 2. The topological polar surface area (TPSA) is 107 Å². The molecule has 1 aliphatic heterocycles. The Morgan fingerprint density at radius 1 is 1.22 bits per heavy atom. The number of likely N-dealkylation sites (N-methyl/N-ethyl adjacent to an activating group) is 1. The van der Waals surface area contributed by atoms with Crippen molar-refractivity contribution < 1.29 is 19.5 Å². The first-order valence-electron chi connectivity index (χ1n) is 6.89. The largest absolute Gasteiger partial charge is 0.477 e. The summed E-state index contributed by atoms with van der Waals surface area (Å²) in [5, 5.41) is 15.3. The quantitative estimate of drug-likeness (QED) is 0.862. The molecule has 0 unspecified atom stereocenters. The number of hydrogen-bond acceptors (Lipinski definition) is 4. The third-order valence-corrected chi connectivity index (χ3v) is 3.65. The number of benzene rings is 1. The van der Waals surface area contributed by atoms with E-state index in [0.717, 1.165) is 0 Å². The number of nitrogens with zero attached hydrogens (tertiary/aromatic N) is 3. The predicted octanol–water partition coefficient (Wildman–Crippen LogP) is 0.580. The normalized spacial score (nSPS) is 15.2. The van der Waals surface area contributed by atoms with Crippen LogP contribution in [0.1, 0.15) is 10.5 Å². The van der Waals surface area contributed by atoms with Gasteiger partial charge < -0.3 is 14.9 Å². The molecule has 2 amide bonds. The Balaban J connectivity index is 1.91. The van der Waals surface area contributed by atoms with E-state index in [2.05, 4.69) is 10.2 Å². The van der Waals surface area contributed by atoms with Gasteiger partial charge in [-0.05, 0) is 18.2 Å². The number of carbonyl (C=O) groups is 3. The van der Waals surface area contributed by atoms with Gasteiger partial charge in [0.1, 0.15) is 12.2 Å². The molecule has 1 aliphatic rings. The molecule has 8 heteroatoms. The van der Waals surface area contributed by atoms with E-state index in [1.807, 2.05) is 0 Å². The number of hydrogen-bond donors (Lipinski definition) is 2. The second-order valence-corrected chi connectivity index (χ2v) is 5.25. The molecule has 8 nitrogen and oxygen atoms in total. The third kappa shape index (κ3) is 2.78. The van der Waals surface area contributed by atoms with E-state index in [0.29, 0.717) is 16.9 Å². The zero-order valence-electron chi connectivity index (χ0n) is 12.3. The van der Waals surface area contributed by atoms with Gasteiger partial charge in [-0.25, -0.2) is 4.79 Å². The number of aromatic nitrogens is 2. The summed E-state index contributed by atoms with van der Waals surface area (Å²) in [4.78, 5) is 37.6. The second-order valence-electron chi connectivity index (χ2n) is 5.25. The van der Waals surface area contributed by atoms with Gasteiger partial charge in [0.25, 0.3) is 0 Å². The second kappa shape index (κ2) is 5.56. The van der Waals surface area contributed by atoms with E-state index in [-0.39, 0.29) is 30.6 Å². The van der Waals surface area contributed by atoms with Gasteiger partial charge in [-0.3, -0.25) is 14.7 Å². The van der Waals surface area contributed by atoms with Crippen molar-refractivity contribution in [1.29, 1.82) is 0 Å². The van der Waals surface area contributed by atoms with Gasteiger partial charge in [0, 0.05) is 18.3 Å².